The fraction of sp³-hybridized carbons (Fsp3) is 0.320. The fourth-order valence-corrected chi connectivity index (χ4v) is 4.58. The highest BCUT2D eigenvalue weighted by atomic mass is 16.5. The van der Waals surface area contributed by atoms with Crippen molar-refractivity contribution in [1.29, 1.82) is 0 Å². The van der Waals surface area contributed by atoms with Crippen LogP contribution in [0.25, 0.3) is 11.3 Å². The van der Waals surface area contributed by atoms with Gasteiger partial charge in [0.05, 0.1) is 24.0 Å². The smallest absolute Gasteiger partial charge is 0.224 e. The summed E-state index contributed by atoms with van der Waals surface area (Å²) in [7, 11) is 0. The van der Waals surface area contributed by atoms with Crippen LogP contribution in [0.2, 0.25) is 0 Å². The van der Waals surface area contributed by atoms with Crippen molar-refractivity contribution in [2.75, 3.05) is 23.4 Å². The Hall–Kier alpha value is -3.41. The number of fused-ring (bicyclic) bond motifs is 2. The molecule has 2 aromatic carbocycles. The Kier molecular flexibility index (Phi) is 5.06. The van der Waals surface area contributed by atoms with Gasteiger partial charge in [0.15, 0.2) is 0 Å². The molecule has 0 bridgehead atoms. The fourth-order valence-electron chi connectivity index (χ4n) is 4.58. The van der Waals surface area contributed by atoms with E-state index in [1.807, 2.05) is 31.2 Å². The van der Waals surface area contributed by atoms with E-state index < -0.39 is 0 Å². The number of amides is 1. The molecule has 1 amide bonds. The first-order chi connectivity index (χ1) is 15.1. The number of carbonyl (C=O) groups excluding carboxylic acids is 1. The van der Waals surface area contributed by atoms with E-state index in [1.54, 1.807) is 11.8 Å². The Balaban J connectivity index is 1.48. The Morgan fingerprint density at radius 3 is 2.90 bits per heavy atom. The van der Waals surface area contributed by atoms with E-state index in [-0.39, 0.29) is 11.9 Å². The zero-order valence-electron chi connectivity index (χ0n) is 17.9. The minimum Gasteiger partial charge on any atom is -0.490 e. The lowest BCUT2D eigenvalue weighted by Crippen LogP contribution is -2.36. The van der Waals surface area contributed by atoms with Crippen LogP contribution in [0.15, 0.2) is 48.5 Å². The highest BCUT2D eigenvalue weighted by Gasteiger charge is 2.23. The van der Waals surface area contributed by atoms with Crippen molar-refractivity contribution in [1.82, 2.24) is 9.97 Å². The number of nitrogens with zero attached hydrogens (tertiary/aromatic N) is 3. The first-order valence-corrected chi connectivity index (χ1v) is 10.8. The average Bonchev–Trinajstić information content (AvgIpc) is 2.78. The molecule has 158 valence electrons. The molecule has 3 aromatic rings. The first-order valence-electron chi connectivity index (χ1n) is 10.8. The average molecular weight is 415 g/mol. The van der Waals surface area contributed by atoms with Gasteiger partial charge in [-0.15, -0.1) is 0 Å². The number of ether oxygens (including phenoxy) is 1. The van der Waals surface area contributed by atoms with Crippen LogP contribution in [0.1, 0.15) is 42.8 Å². The molecule has 1 unspecified atom stereocenters. The maximum Gasteiger partial charge on any atom is 0.224 e. The number of aryl methyl sites for hydroxylation is 2. The Labute approximate surface area is 182 Å². The summed E-state index contributed by atoms with van der Waals surface area (Å²) in [6.45, 7) is 4.56. The molecule has 6 nitrogen and oxygen atoms in total. The number of benzene rings is 2. The monoisotopic (exact) mass is 414 g/mol. The second-order valence-corrected chi connectivity index (χ2v) is 8.18. The van der Waals surface area contributed by atoms with Crippen molar-refractivity contribution in [2.24, 2.45) is 0 Å². The maximum atomic E-state index is 12.1. The van der Waals surface area contributed by atoms with Crippen molar-refractivity contribution in [3.8, 4) is 17.0 Å². The molecule has 0 radical (unpaired) electrons. The van der Waals surface area contributed by atoms with Crippen molar-refractivity contribution in [2.45, 2.75) is 39.2 Å². The zero-order valence-corrected chi connectivity index (χ0v) is 17.9. The molecule has 0 saturated carbocycles. The molecule has 6 heteroatoms. The quantitative estimate of drug-likeness (QED) is 0.674. The molecule has 5 rings (SSSR count). The lowest BCUT2D eigenvalue weighted by molar-refractivity contribution is -0.116. The second kappa shape index (κ2) is 8.02. The first kappa shape index (κ1) is 19.5. The van der Waals surface area contributed by atoms with Crippen LogP contribution in [0.3, 0.4) is 0 Å². The van der Waals surface area contributed by atoms with Crippen LogP contribution in [0.4, 0.5) is 11.5 Å². The van der Waals surface area contributed by atoms with E-state index in [0.717, 1.165) is 47.8 Å². The molecule has 0 fully saturated rings. The number of anilines is 2. The van der Waals surface area contributed by atoms with Crippen LogP contribution in [0.5, 0.6) is 5.75 Å². The number of hydrogen-bond donors (Lipinski definition) is 1. The molecule has 0 saturated heterocycles. The SMILES string of the molecule is CC(=O)N1CCOc2ccc(-c3cc(NC4CCCc5ccccc54)nc(C)n3)cc21. The van der Waals surface area contributed by atoms with Crippen molar-refractivity contribution in [3.63, 3.8) is 0 Å². The van der Waals surface area contributed by atoms with Gasteiger partial charge in [-0.2, -0.15) is 0 Å². The van der Waals surface area contributed by atoms with E-state index in [4.69, 9.17) is 4.74 Å². The summed E-state index contributed by atoms with van der Waals surface area (Å²) >= 11 is 0. The summed E-state index contributed by atoms with van der Waals surface area (Å²) < 4.78 is 5.74. The minimum absolute atomic E-state index is 0.0129. The topological polar surface area (TPSA) is 67.3 Å². The second-order valence-electron chi connectivity index (χ2n) is 8.18. The summed E-state index contributed by atoms with van der Waals surface area (Å²) in [6.07, 6.45) is 3.38. The highest BCUT2D eigenvalue weighted by Crippen LogP contribution is 2.36. The van der Waals surface area contributed by atoms with E-state index in [2.05, 4.69) is 39.6 Å². The molecule has 2 heterocycles. The van der Waals surface area contributed by atoms with Gasteiger partial charge in [0.25, 0.3) is 0 Å². The Morgan fingerprint density at radius 2 is 2.03 bits per heavy atom. The van der Waals surface area contributed by atoms with Crippen LogP contribution < -0.4 is 15.0 Å². The Morgan fingerprint density at radius 1 is 1.16 bits per heavy atom. The molecule has 2 aliphatic rings. The van der Waals surface area contributed by atoms with Crippen molar-refractivity contribution < 1.29 is 9.53 Å². The molecule has 31 heavy (non-hydrogen) atoms. The van der Waals surface area contributed by atoms with Crippen molar-refractivity contribution >= 4 is 17.4 Å². The van der Waals surface area contributed by atoms with Gasteiger partial charge in [-0.25, -0.2) is 9.97 Å². The molecule has 0 spiro atoms. The largest absolute Gasteiger partial charge is 0.490 e. The van der Waals surface area contributed by atoms with E-state index >= 15 is 0 Å². The third kappa shape index (κ3) is 3.85. The summed E-state index contributed by atoms with van der Waals surface area (Å²) in [5.74, 6) is 2.27. The maximum absolute atomic E-state index is 12.1. The lowest BCUT2D eigenvalue weighted by atomic mass is 9.88. The third-order valence-corrected chi connectivity index (χ3v) is 6.03. The molecule has 1 atom stereocenters. The van der Waals surface area contributed by atoms with E-state index in [9.17, 15) is 4.79 Å². The highest BCUT2D eigenvalue weighted by molar-refractivity contribution is 5.94. The van der Waals surface area contributed by atoms with Gasteiger partial charge in [-0.3, -0.25) is 4.79 Å². The van der Waals surface area contributed by atoms with E-state index in [1.165, 1.54) is 11.1 Å². The molecule has 1 aromatic heterocycles. The summed E-state index contributed by atoms with van der Waals surface area (Å²) in [5.41, 5.74) is 5.33. The van der Waals surface area contributed by atoms with Crippen LogP contribution in [-0.4, -0.2) is 29.0 Å². The van der Waals surface area contributed by atoms with Gasteiger partial charge >= 0.3 is 0 Å². The minimum atomic E-state index is 0.0129. The van der Waals surface area contributed by atoms with Gasteiger partial charge in [0, 0.05) is 18.6 Å². The number of carbonyl (C=O) groups is 1. The van der Waals surface area contributed by atoms with Gasteiger partial charge in [-0.1, -0.05) is 24.3 Å². The summed E-state index contributed by atoms with van der Waals surface area (Å²) in [6, 6.07) is 16.8. The molecule has 1 aliphatic heterocycles. The number of rotatable bonds is 3. The third-order valence-electron chi connectivity index (χ3n) is 6.03. The zero-order chi connectivity index (χ0) is 21.4. The summed E-state index contributed by atoms with van der Waals surface area (Å²) in [4.78, 5) is 23.1. The van der Waals surface area contributed by atoms with Gasteiger partial charge in [0.1, 0.15) is 24.0 Å². The molecular weight excluding hydrogens is 388 g/mol. The number of nitrogens with one attached hydrogen (secondary N) is 1. The molecule has 1 aliphatic carbocycles. The van der Waals surface area contributed by atoms with Gasteiger partial charge in [0.2, 0.25) is 5.91 Å². The predicted molar refractivity (Wildman–Crippen MR) is 121 cm³/mol. The van der Waals surface area contributed by atoms with Crippen LogP contribution in [0, 0.1) is 6.92 Å². The number of aromatic nitrogens is 2. The number of hydrogen-bond acceptors (Lipinski definition) is 5. The standard InChI is InChI=1S/C25H26N4O2/c1-16-26-22(19-10-11-24-23(14-19)29(17(2)30)12-13-31-24)15-25(27-16)28-21-9-5-7-18-6-3-4-8-20(18)21/h3-4,6,8,10-11,14-15,21H,5,7,9,12-13H2,1-2H3,(H,26,27,28). The van der Waals surface area contributed by atoms with Gasteiger partial charge in [-0.05, 0) is 55.5 Å². The van der Waals surface area contributed by atoms with Crippen LogP contribution in [-0.2, 0) is 11.2 Å². The molecule has 1 N–H and O–H groups in total. The van der Waals surface area contributed by atoms with Gasteiger partial charge < -0.3 is 15.0 Å². The van der Waals surface area contributed by atoms with Crippen molar-refractivity contribution in [3.05, 3.63) is 65.5 Å². The lowest BCUT2D eigenvalue weighted by Gasteiger charge is -2.29. The van der Waals surface area contributed by atoms with E-state index in [0.29, 0.717) is 19.0 Å². The normalized spacial score (nSPS) is 17.4. The van der Waals surface area contributed by atoms with Crippen LogP contribution >= 0.6 is 0 Å². The summed E-state index contributed by atoms with van der Waals surface area (Å²) in [5, 5.41) is 3.64. The Bertz CT molecular complexity index is 1140. The molecular formula is C25H26N4O2. The predicted octanol–water partition coefficient (Wildman–Crippen LogP) is 4.69.